The highest BCUT2D eigenvalue weighted by molar-refractivity contribution is 5.19. The van der Waals surface area contributed by atoms with Crippen LogP contribution in [0.15, 0.2) is 30.6 Å². The van der Waals surface area contributed by atoms with E-state index >= 15 is 0 Å². The van der Waals surface area contributed by atoms with Crippen LogP contribution in [0.3, 0.4) is 0 Å². The highest BCUT2D eigenvalue weighted by atomic mass is 15.3. The van der Waals surface area contributed by atoms with Gasteiger partial charge in [-0.15, -0.1) is 0 Å². The summed E-state index contributed by atoms with van der Waals surface area (Å²) in [6.07, 6.45) is 11.3. The molecule has 1 aliphatic carbocycles. The minimum absolute atomic E-state index is 0.0344. The first kappa shape index (κ1) is 14.3. The molecule has 0 radical (unpaired) electrons. The van der Waals surface area contributed by atoms with Gasteiger partial charge in [0.1, 0.15) is 0 Å². The molecule has 1 atom stereocenters. The summed E-state index contributed by atoms with van der Waals surface area (Å²) in [4.78, 5) is 4.31. The standard InChI is InChI=1S/C17H24N4/c1-13-7-8-14(12-19-13)17(18)11-15-9-10-21(20-15)16-5-3-2-4-6-16/h7-10,12,16-17H,2-6,11,18H2,1H3. The fourth-order valence-electron chi connectivity index (χ4n) is 3.08. The van der Waals surface area contributed by atoms with Crippen LogP contribution in [0.25, 0.3) is 0 Å². The van der Waals surface area contributed by atoms with Crippen LogP contribution in [0.5, 0.6) is 0 Å². The minimum atomic E-state index is -0.0344. The molecule has 2 aromatic rings. The first-order valence-corrected chi connectivity index (χ1v) is 7.94. The van der Waals surface area contributed by atoms with Crippen LogP contribution in [0, 0.1) is 6.92 Å². The van der Waals surface area contributed by atoms with Crippen molar-refractivity contribution < 1.29 is 0 Å². The fourth-order valence-corrected chi connectivity index (χ4v) is 3.08. The third kappa shape index (κ3) is 3.50. The van der Waals surface area contributed by atoms with Crippen molar-refractivity contribution in [1.29, 1.82) is 0 Å². The molecule has 0 bridgehead atoms. The number of aryl methyl sites for hydroxylation is 1. The van der Waals surface area contributed by atoms with E-state index in [0.29, 0.717) is 6.04 Å². The second-order valence-corrected chi connectivity index (χ2v) is 6.12. The Bertz CT molecular complexity index is 567. The Labute approximate surface area is 126 Å². The Morgan fingerprint density at radius 2 is 2.05 bits per heavy atom. The predicted molar refractivity (Wildman–Crippen MR) is 84.0 cm³/mol. The minimum Gasteiger partial charge on any atom is -0.324 e. The second kappa shape index (κ2) is 6.39. The zero-order valence-electron chi connectivity index (χ0n) is 12.7. The van der Waals surface area contributed by atoms with Crippen molar-refractivity contribution in [2.45, 2.75) is 57.5 Å². The smallest absolute Gasteiger partial charge is 0.0643 e. The molecule has 2 heterocycles. The van der Waals surface area contributed by atoms with E-state index in [1.165, 1.54) is 32.1 Å². The fraction of sp³-hybridized carbons (Fsp3) is 0.529. The molecule has 4 heteroatoms. The Kier molecular flexibility index (Phi) is 4.34. The maximum absolute atomic E-state index is 6.28. The molecule has 0 amide bonds. The van der Waals surface area contributed by atoms with Gasteiger partial charge in [-0.3, -0.25) is 9.67 Å². The topological polar surface area (TPSA) is 56.7 Å². The summed E-state index contributed by atoms with van der Waals surface area (Å²) in [6.45, 7) is 1.99. The molecule has 0 spiro atoms. The van der Waals surface area contributed by atoms with E-state index in [1.54, 1.807) is 0 Å². The van der Waals surface area contributed by atoms with Gasteiger partial charge in [0.15, 0.2) is 0 Å². The summed E-state index contributed by atoms with van der Waals surface area (Å²) < 4.78 is 2.15. The van der Waals surface area contributed by atoms with Crippen molar-refractivity contribution in [2.24, 2.45) is 5.73 Å². The third-order valence-electron chi connectivity index (χ3n) is 4.40. The molecular formula is C17H24N4. The van der Waals surface area contributed by atoms with Crippen LogP contribution in [-0.4, -0.2) is 14.8 Å². The van der Waals surface area contributed by atoms with E-state index in [-0.39, 0.29) is 6.04 Å². The number of aromatic nitrogens is 3. The molecule has 2 aromatic heterocycles. The van der Waals surface area contributed by atoms with Gasteiger partial charge in [-0.05, 0) is 37.5 Å². The lowest BCUT2D eigenvalue weighted by molar-refractivity contribution is 0.328. The molecule has 3 rings (SSSR count). The van der Waals surface area contributed by atoms with Crippen molar-refractivity contribution in [3.05, 3.63) is 47.5 Å². The summed E-state index contributed by atoms with van der Waals surface area (Å²) >= 11 is 0. The molecule has 112 valence electrons. The molecule has 21 heavy (non-hydrogen) atoms. The Morgan fingerprint density at radius 3 is 2.76 bits per heavy atom. The van der Waals surface area contributed by atoms with Gasteiger partial charge in [0.05, 0.1) is 11.7 Å². The van der Waals surface area contributed by atoms with Crippen molar-refractivity contribution in [3.8, 4) is 0 Å². The van der Waals surface area contributed by atoms with Gasteiger partial charge < -0.3 is 5.73 Å². The average Bonchev–Trinajstić information content (AvgIpc) is 2.97. The van der Waals surface area contributed by atoms with Gasteiger partial charge in [-0.25, -0.2) is 0 Å². The van der Waals surface area contributed by atoms with Crippen LogP contribution in [0.4, 0.5) is 0 Å². The molecule has 2 N–H and O–H groups in total. The number of rotatable bonds is 4. The van der Waals surface area contributed by atoms with Crippen LogP contribution in [0.2, 0.25) is 0 Å². The Morgan fingerprint density at radius 1 is 1.24 bits per heavy atom. The number of hydrogen-bond acceptors (Lipinski definition) is 3. The van der Waals surface area contributed by atoms with Gasteiger partial charge in [-0.2, -0.15) is 5.10 Å². The number of pyridine rings is 1. The zero-order chi connectivity index (χ0) is 14.7. The van der Waals surface area contributed by atoms with Gasteiger partial charge in [0.25, 0.3) is 0 Å². The summed E-state index contributed by atoms with van der Waals surface area (Å²) in [7, 11) is 0. The molecule has 0 aromatic carbocycles. The van der Waals surface area contributed by atoms with Gasteiger partial charge in [-0.1, -0.05) is 25.3 Å². The number of nitrogens with two attached hydrogens (primary N) is 1. The van der Waals surface area contributed by atoms with Crippen molar-refractivity contribution in [2.75, 3.05) is 0 Å². The molecule has 0 aliphatic heterocycles. The molecular weight excluding hydrogens is 260 g/mol. The quantitative estimate of drug-likeness (QED) is 0.937. The molecule has 0 saturated heterocycles. The van der Waals surface area contributed by atoms with E-state index in [4.69, 9.17) is 10.8 Å². The Hall–Kier alpha value is -1.68. The van der Waals surface area contributed by atoms with E-state index < -0.39 is 0 Å². The van der Waals surface area contributed by atoms with Crippen LogP contribution < -0.4 is 5.73 Å². The molecule has 1 aliphatic rings. The van der Waals surface area contributed by atoms with Crippen LogP contribution in [0.1, 0.15) is 61.1 Å². The van der Waals surface area contributed by atoms with E-state index in [0.717, 1.165) is 23.4 Å². The third-order valence-corrected chi connectivity index (χ3v) is 4.40. The number of nitrogens with zero attached hydrogens (tertiary/aromatic N) is 3. The maximum Gasteiger partial charge on any atom is 0.0643 e. The van der Waals surface area contributed by atoms with E-state index in [1.807, 2.05) is 19.2 Å². The lowest BCUT2D eigenvalue weighted by Gasteiger charge is -2.21. The highest BCUT2D eigenvalue weighted by Gasteiger charge is 2.17. The van der Waals surface area contributed by atoms with Crippen molar-refractivity contribution in [1.82, 2.24) is 14.8 Å². The summed E-state index contributed by atoms with van der Waals surface area (Å²) in [5.74, 6) is 0. The van der Waals surface area contributed by atoms with E-state index in [9.17, 15) is 0 Å². The summed E-state index contributed by atoms with van der Waals surface area (Å²) in [5.41, 5.74) is 9.45. The van der Waals surface area contributed by atoms with Crippen LogP contribution in [-0.2, 0) is 6.42 Å². The highest BCUT2D eigenvalue weighted by Crippen LogP contribution is 2.27. The average molecular weight is 284 g/mol. The molecule has 1 fully saturated rings. The largest absolute Gasteiger partial charge is 0.324 e. The van der Waals surface area contributed by atoms with Crippen molar-refractivity contribution in [3.63, 3.8) is 0 Å². The molecule has 4 nitrogen and oxygen atoms in total. The van der Waals surface area contributed by atoms with E-state index in [2.05, 4.69) is 28.0 Å². The zero-order valence-corrected chi connectivity index (χ0v) is 12.7. The summed E-state index contributed by atoms with van der Waals surface area (Å²) in [6, 6.07) is 6.73. The molecule has 1 unspecified atom stereocenters. The lowest BCUT2D eigenvalue weighted by atomic mass is 9.96. The van der Waals surface area contributed by atoms with Crippen molar-refractivity contribution >= 4 is 0 Å². The van der Waals surface area contributed by atoms with Crippen LogP contribution >= 0.6 is 0 Å². The predicted octanol–water partition coefficient (Wildman–Crippen LogP) is 3.33. The molecule has 1 saturated carbocycles. The van der Waals surface area contributed by atoms with Gasteiger partial charge in [0.2, 0.25) is 0 Å². The first-order valence-electron chi connectivity index (χ1n) is 7.94. The number of hydrogen-bond donors (Lipinski definition) is 1. The monoisotopic (exact) mass is 284 g/mol. The lowest BCUT2D eigenvalue weighted by Crippen LogP contribution is -2.16. The summed E-state index contributed by atoms with van der Waals surface area (Å²) in [5, 5.41) is 4.73. The van der Waals surface area contributed by atoms with Gasteiger partial charge >= 0.3 is 0 Å². The van der Waals surface area contributed by atoms with Gasteiger partial charge in [0, 0.05) is 30.6 Å². The normalized spacial score (nSPS) is 17.8. The maximum atomic E-state index is 6.28. The Balaban J connectivity index is 1.64. The second-order valence-electron chi connectivity index (χ2n) is 6.12. The SMILES string of the molecule is Cc1ccc(C(N)Cc2ccn(C3CCCCC3)n2)cn1. The first-order chi connectivity index (χ1) is 10.2.